The maximum absolute atomic E-state index is 9.82. The highest BCUT2D eigenvalue weighted by Gasteiger charge is 2.50. The lowest BCUT2D eigenvalue weighted by Gasteiger charge is -2.39. The van der Waals surface area contributed by atoms with Gasteiger partial charge in [0.2, 0.25) is 0 Å². The van der Waals surface area contributed by atoms with Crippen LogP contribution < -0.4 is 0 Å². The van der Waals surface area contributed by atoms with Crippen molar-refractivity contribution in [2.24, 2.45) is 0 Å². The van der Waals surface area contributed by atoms with E-state index >= 15 is 0 Å². The molecule has 0 N–H and O–H groups in total. The van der Waals surface area contributed by atoms with Crippen LogP contribution in [0.5, 0.6) is 0 Å². The number of aromatic nitrogens is 2. The Morgan fingerprint density at radius 1 is 0.429 bits per heavy atom. The molecule has 1 aliphatic carbocycles. The first-order valence-corrected chi connectivity index (χ1v) is 19.6. The molecule has 1 aliphatic heterocycles. The van der Waals surface area contributed by atoms with Gasteiger partial charge in [-0.15, -0.1) is 0 Å². The van der Waals surface area contributed by atoms with E-state index in [2.05, 4.69) is 170 Å². The van der Waals surface area contributed by atoms with Crippen molar-refractivity contribution < 1.29 is 0 Å². The zero-order valence-corrected chi connectivity index (χ0v) is 31.0. The summed E-state index contributed by atoms with van der Waals surface area (Å²) in [6, 6.07) is 69.1. The molecule has 2 heterocycles. The van der Waals surface area contributed by atoms with Crippen molar-refractivity contribution in [2.45, 2.75) is 15.2 Å². The second kappa shape index (κ2) is 12.8. The zero-order chi connectivity index (χ0) is 37.2. The molecule has 1 aromatic heterocycles. The Balaban J connectivity index is 1.13. The van der Waals surface area contributed by atoms with Crippen LogP contribution in [0.2, 0.25) is 0 Å². The van der Waals surface area contributed by atoms with Gasteiger partial charge in [-0.3, -0.25) is 0 Å². The quantitative estimate of drug-likeness (QED) is 0.181. The van der Waals surface area contributed by atoms with Gasteiger partial charge in [-0.2, -0.15) is 5.26 Å². The van der Waals surface area contributed by atoms with E-state index in [1.807, 2.05) is 36.0 Å². The van der Waals surface area contributed by atoms with E-state index in [9.17, 15) is 5.26 Å². The van der Waals surface area contributed by atoms with E-state index in [1.165, 1.54) is 59.5 Å². The molecule has 2 aliphatic rings. The van der Waals surface area contributed by atoms with E-state index in [-0.39, 0.29) is 0 Å². The van der Waals surface area contributed by atoms with Gasteiger partial charge in [-0.1, -0.05) is 163 Å². The SMILES string of the molecule is N#Cc1cccc(-c2nc(-c3ccc(-c4ccc5ccccc5c4)cc3)cc(-c3cccc4c3-c3ccccc3C43c4ccccc4Sc4ccccc43)n2)c1. The second-order valence-corrected chi connectivity index (χ2v) is 15.5. The minimum absolute atomic E-state index is 0.487. The van der Waals surface area contributed by atoms with Crippen LogP contribution in [0.25, 0.3) is 66.9 Å². The van der Waals surface area contributed by atoms with Gasteiger partial charge in [0, 0.05) is 26.5 Å². The van der Waals surface area contributed by atoms with Crippen molar-refractivity contribution in [3.8, 4) is 62.2 Å². The lowest BCUT2D eigenvalue weighted by atomic mass is 9.67. The molecule has 0 radical (unpaired) electrons. The van der Waals surface area contributed by atoms with E-state index in [4.69, 9.17) is 9.97 Å². The van der Waals surface area contributed by atoms with Crippen LogP contribution in [0, 0.1) is 11.3 Å². The fourth-order valence-electron chi connectivity index (χ4n) is 8.91. The Labute approximate surface area is 329 Å². The van der Waals surface area contributed by atoms with Crippen molar-refractivity contribution in [1.82, 2.24) is 9.97 Å². The molecule has 8 aromatic carbocycles. The average molecular weight is 730 g/mol. The monoisotopic (exact) mass is 729 g/mol. The molecule has 0 bridgehead atoms. The molecule has 11 rings (SSSR count). The number of fused-ring (bicyclic) bond motifs is 10. The van der Waals surface area contributed by atoms with Gasteiger partial charge < -0.3 is 0 Å². The summed E-state index contributed by atoms with van der Waals surface area (Å²) in [5, 5.41) is 12.3. The number of nitrogens with zero attached hydrogens (tertiary/aromatic N) is 3. The Kier molecular flexibility index (Phi) is 7.38. The normalized spacial score (nSPS) is 13.1. The number of hydrogen-bond donors (Lipinski definition) is 0. The third-order valence-electron chi connectivity index (χ3n) is 11.4. The Hall–Kier alpha value is -7.06. The fourth-order valence-corrected chi connectivity index (χ4v) is 10.1. The maximum atomic E-state index is 9.82. The summed E-state index contributed by atoms with van der Waals surface area (Å²) in [4.78, 5) is 13.0. The Morgan fingerprint density at radius 3 is 1.82 bits per heavy atom. The van der Waals surface area contributed by atoms with Crippen LogP contribution in [0.15, 0.2) is 198 Å². The van der Waals surface area contributed by atoms with E-state index in [0.29, 0.717) is 11.4 Å². The first-order valence-electron chi connectivity index (χ1n) is 18.8. The summed E-state index contributed by atoms with van der Waals surface area (Å²) in [7, 11) is 0. The summed E-state index contributed by atoms with van der Waals surface area (Å²) >= 11 is 1.85. The molecular formula is C52H31N3S. The van der Waals surface area contributed by atoms with E-state index in [1.54, 1.807) is 0 Å². The number of rotatable bonds is 4. The van der Waals surface area contributed by atoms with Crippen molar-refractivity contribution in [1.29, 1.82) is 5.26 Å². The molecule has 0 fully saturated rings. The summed E-state index contributed by atoms with van der Waals surface area (Å²) in [6.45, 7) is 0. The smallest absolute Gasteiger partial charge is 0.160 e. The third-order valence-corrected chi connectivity index (χ3v) is 12.5. The van der Waals surface area contributed by atoms with Gasteiger partial charge in [0.15, 0.2) is 5.82 Å². The first-order chi connectivity index (χ1) is 27.7. The van der Waals surface area contributed by atoms with Gasteiger partial charge in [-0.05, 0) is 91.7 Å². The van der Waals surface area contributed by atoms with E-state index in [0.717, 1.165) is 33.6 Å². The molecule has 0 saturated heterocycles. The zero-order valence-electron chi connectivity index (χ0n) is 30.1. The lowest BCUT2D eigenvalue weighted by Crippen LogP contribution is -2.31. The largest absolute Gasteiger partial charge is 0.228 e. The molecule has 0 amide bonds. The van der Waals surface area contributed by atoms with Gasteiger partial charge >= 0.3 is 0 Å². The third kappa shape index (κ3) is 4.92. The number of benzene rings is 8. The summed E-state index contributed by atoms with van der Waals surface area (Å²) < 4.78 is 0. The molecule has 56 heavy (non-hydrogen) atoms. The van der Waals surface area contributed by atoms with Crippen LogP contribution >= 0.6 is 11.8 Å². The lowest BCUT2D eigenvalue weighted by molar-refractivity contribution is 0.722. The molecule has 1 spiro atoms. The summed E-state index contributed by atoms with van der Waals surface area (Å²) in [5.74, 6) is 0.580. The molecular weight excluding hydrogens is 699 g/mol. The predicted molar refractivity (Wildman–Crippen MR) is 227 cm³/mol. The highest BCUT2D eigenvalue weighted by Crippen LogP contribution is 2.63. The average Bonchev–Trinajstić information content (AvgIpc) is 3.57. The van der Waals surface area contributed by atoms with Crippen molar-refractivity contribution in [2.75, 3.05) is 0 Å². The molecule has 0 unspecified atom stereocenters. The number of nitriles is 1. The Morgan fingerprint density at radius 2 is 1.04 bits per heavy atom. The summed E-state index contributed by atoms with van der Waals surface area (Å²) in [5.41, 5.74) is 14.4. The van der Waals surface area contributed by atoms with Crippen LogP contribution in [-0.4, -0.2) is 9.97 Å². The van der Waals surface area contributed by atoms with Crippen LogP contribution in [0.4, 0.5) is 0 Å². The van der Waals surface area contributed by atoms with Crippen LogP contribution in [-0.2, 0) is 5.41 Å². The highest BCUT2D eigenvalue weighted by atomic mass is 32.2. The topological polar surface area (TPSA) is 49.6 Å². The Bertz CT molecular complexity index is 3040. The van der Waals surface area contributed by atoms with Crippen molar-refractivity contribution >= 4 is 22.5 Å². The molecule has 4 heteroatoms. The van der Waals surface area contributed by atoms with Gasteiger partial charge in [-0.25, -0.2) is 9.97 Å². The minimum atomic E-state index is -0.487. The predicted octanol–water partition coefficient (Wildman–Crippen LogP) is 13.0. The first kappa shape index (κ1) is 32.4. The van der Waals surface area contributed by atoms with Gasteiger partial charge in [0.05, 0.1) is 28.4 Å². The highest BCUT2D eigenvalue weighted by molar-refractivity contribution is 7.99. The number of hydrogen-bond acceptors (Lipinski definition) is 4. The maximum Gasteiger partial charge on any atom is 0.160 e. The molecule has 0 atom stereocenters. The van der Waals surface area contributed by atoms with E-state index < -0.39 is 5.41 Å². The van der Waals surface area contributed by atoms with Crippen molar-refractivity contribution in [3.63, 3.8) is 0 Å². The van der Waals surface area contributed by atoms with Crippen LogP contribution in [0.1, 0.15) is 27.8 Å². The fraction of sp³-hybridized carbons (Fsp3) is 0.0192. The second-order valence-electron chi connectivity index (χ2n) is 14.4. The van der Waals surface area contributed by atoms with Crippen LogP contribution in [0.3, 0.4) is 0 Å². The minimum Gasteiger partial charge on any atom is -0.228 e. The molecule has 260 valence electrons. The van der Waals surface area contributed by atoms with Crippen molar-refractivity contribution in [3.05, 3.63) is 216 Å². The molecule has 9 aromatic rings. The molecule has 0 saturated carbocycles. The summed E-state index contributed by atoms with van der Waals surface area (Å²) in [6.07, 6.45) is 0. The molecule has 3 nitrogen and oxygen atoms in total. The van der Waals surface area contributed by atoms with Gasteiger partial charge in [0.1, 0.15) is 0 Å². The standard InChI is InChI=1S/C52H31N3S/c53-32-33-11-9-14-39(29-33)51-54-46(36-26-23-35(24-27-36)38-28-25-34-12-1-2-13-37(34)30-38)31-47(55-51)41-16-10-20-45-50(41)40-15-3-4-17-42(40)52(45)43-18-5-7-21-48(43)56-49-22-8-6-19-44(49)52/h1-31H. The van der Waals surface area contributed by atoms with Gasteiger partial charge in [0.25, 0.3) is 0 Å².